The van der Waals surface area contributed by atoms with Gasteiger partial charge in [-0.05, 0) is 32.1 Å². The summed E-state index contributed by atoms with van der Waals surface area (Å²) >= 11 is 0. The number of aromatic nitrogens is 2. The molecule has 110 valence electrons. The Morgan fingerprint density at radius 2 is 1.95 bits per heavy atom. The van der Waals surface area contributed by atoms with Gasteiger partial charge in [0.1, 0.15) is 5.82 Å². The topological polar surface area (TPSA) is 63.8 Å². The molecule has 2 fully saturated rings. The van der Waals surface area contributed by atoms with Crippen molar-refractivity contribution < 1.29 is 13.2 Å². The van der Waals surface area contributed by atoms with E-state index in [1.807, 2.05) is 0 Å². The van der Waals surface area contributed by atoms with Crippen LogP contribution in [0.4, 0.5) is 19.0 Å². The standard InChI is InChI=1S/C13H17F3N4/c14-13(15,16)10-6-18-12(11(20-10)7-4-5-7)19-9-3-1-2-8(9)17/h6-9H,1-5,17H2,(H,18,19). The largest absolute Gasteiger partial charge is 0.434 e. The normalized spacial score (nSPS) is 26.8. The fraction of sp³-hybridized carbons (Fsp3) is 0.692. The maximum atomic E-state index is 12.7. The molecular formula is C13H17F3N4. The SMILES string of the molecule is NC1CCCC1Nc1ncc(C(F)(F)F)nc1C1CC1. The summed E-state index contributed by atoms with van der Waals surface area (Å²) < 4.78 is 38.1. The summed E-state index contributed by atoms with van der Waals surface area (Å²) in [6.45, 7) is 0. The van der Waals surface area contributed by atoms with Gasteiger partial charge in [-0.15, -0.1) is 0 Å². The van der Waals surface area contributed by atoms with Gasteiger partial charge in [-0.3, -0.25) is 0 Å². The lowest BCUT2D eigenvalue weighted by Gasteiger charge is -2.20. The molecule has 2 saturated carbocycles. The summed E-state index contributed by atoms with van der Waals surface area (Å²) in [5.41, 5.74) is 5.50. The molecule has 0 aromatic carbocycles. The molecule has 0 saturated heterocycles. The Hall–Kier alpha value is -1.37. The van der Waals surface area contributed by atoms with Crippen molar-refractivity contribution in [1.82, 2.24) is 9.97 Å². The van der Waals surface area contributed by atoms with Gasteiger partial charge in [0.25, 0.3) is 0 Å². The Morgan fingerprint density at radius 3 is 2.50 bits per heavy atom. The number of nitrogens with two attached hydrogens (primary N) is 1. The number of hydrogen-bond donors (Lipinski definition) is 2. The molecule has 2 aliphatic rings. The van der Waals surface area contributed by atoms with E-state index < -0.39 is 11.9 Å². The fourth-order valence-electron chi connectivity index (χ4n) is 2.64. The zero-order chi connectivity index (χ0) is 14.3. The first-order valence-electron chi connectivity index (χ1n) is 6.91. The van der Waals surface area contributed by atoms with Crippen molar-refractivity contribution in [3.8, 4) is 0 Å². The predicted molar refractivity (Wildman–Crippen MR) is 68.2 cm³/mol. The Balaban J connectivity index is 1.86. The Bertz CT molecular complexity index is 499. The van der Waals surface area contributed by atoms with Crippen LogP contribution in [0.25, 0.3) is 0 Å². The smallest absolute Gasteiger partial charge is 0.364 e. The second-order valence-corrected chi connectivity index (χ2v) is 5.61. The molecule has 2 atom stereocenters. The van der Waals surface area contributed by atoms with E-state index in [0.29, 0.717) is 11.5 Å². The summed E-state index contributed by atoms with van der Waals surface area (Å²) in [5.74, 6) is 0.577. The van der Waals surface area contributed by atoms with E-state index in [0.717, 1.165) is 38.3 Å². The summed E-state index contributed by atoms with van der Waals surface area (Å²) in [6.07, 6.45) is 1.00. The Kier molecular flexibility index (Phi) is 3.32. The van der Waals surface area contributed by atoms with Gasteiger partial charge in [0.15, 0.2) is 5.69 Å². The van der Waals surface area contributed by atoms with Crippen molar-refractivity contribution in [1.29, 1.82) is 0 Å². The number of anilines is 1. The van der Waals surface area contributed by atoms with Crippen LogP contribution < -0.4 is 11.1 Å². The summed E-state index contributed by atoms with van der Waals surface area (Å²) in [6, 6.07) is 0.115. The quantitative estimate of drug-likeness (QED) is 0.896. The molecule has 20 heavy (non-hydrogen) atoms. The second kappa shape index (κ2) is 4.87. The third kappa shape index (κ3) is 2.72. The molecule has 0 spiro atoms. The van der Waals surface area contributed by atoms with Gasteiger partial charge in [0, 0.05) is 18.0 Å². The van der Waals surface area contributed by atoms with Gasteiger partial charge in [-0.1, -0.05) is 0 Å². The van der Waals surface area contributed by atoms with Crippen LogP contribution in [0.2, 0.25) is 0 Å². The van der Waals surface area contributed by atoms with Crippen molar-refractivity contribution in [3.63, 3.8) is 0 Å². The number of rotatable bonds is 3. The number of alkyl halides is 3. The maximum absolute atomic E-state index is 12.7. The highest BCUT2D eigenvalue weighted by Crippen LogP contribution is 2.43. The van der Waals surface area contributed by atoms with Crippen LogP contribution in [-0.2, 0) is 6.18 Å². The molecule has 0 radical (unpaired) electrons. The predicted octanol–water partition coefficient (Wildman–Crippen LogP) is 2.66. The third-order valence-electron chi connectivity index (χ3n) is 3.95. The van der Waals surface area contributed by atoms with Crippen LogP contribution in [0.15, 0.2) is 6.20 Å². The molecule has 7 heteroatoms. The minimum Gasteiger partial charge on any atom is -0.364 e. The number of hydrogen-bond acceptors (Lipinski definition) is 4. The van der Waals surface area contributed by atoms with Crippen molar-refractivity contribution in [3.05, 3.63) is 17.6 Å². The highest BCUT2D eigenvalue weighted by molar-refractivity contribution is 5.45. The first kappa shape index (κ1) is 13.6. The first-order valence-corrected chi connectivity index (χ1v) is 6.91. The van der Waals surface area contributed by atoms with Crippen LogP contribution >= 0.6 is 0 Å². The minimum atomic E-state index is -4.45. The van der Waals surface area contributed by atoms with Gasteiger partial charge in [-0.2, -0.15) is 13.2 Å². The average Bonchev–Trinajstić information content (AvgIpc) is 3.14. The van der Waals surface area contributed by atoms with E-state index in [1.165, 1.54) is 0 Å². The molecule has 2 aliphatic carbocycles. The first-order chi connectivity index (χ1) is 9.45. The van der Waals surface area contributed by atoms with E-state index in [9.17, 15) is 13.2 Å². The van der Waals surface area contributed by atoms with Crippen molar-refractivity contribution in [2.75, 3.05) is 5.32 Å². The molecule has 0 aliphatic heterocycles. The van der Waals surface area contributed by atoms with Crippen LogP contribution in [0.3, 0.4) is 0 Å². The molecule has 1 heterocycles. The fourth-order valence-corrected chi connectivity index (χ4v) is 2.64. The van der Waals surface area contributed by atoms with Crippen molar-refractivity contribution >= 4 is 5.82 Å². The minimum absolute atomic E-state index is 0.0335. The molecule has 3 N–H and O–H groups in total. The average molecular weight is 286 g/mol. The lowest BCUT2D eigenvalue weighted by molar-refractivity contribution is -0.141. The molecular weight excluding hydrogens is 269 g/mol. The third-order valence-corrected chi connectivity index (χ3v) is 3.95. The summed E-state index contributed by atoms with van der Waals surface area (Å²) in [7, 11) is 0. The molecule has 2 unspecified atom stereocenters. The van der Waals surface area contributed by atoms with E-state index in [4.69, 9.17) is 5.73 Å². The zero-order valence-electron chi connectivity index (χ0n) is 11.0. The lowest BCUT2D eigenvalue weighted by Crippen LogP contribution is -2.36. The molecule has 1 aromatic rings. The number of halogens is 3. The lowest BCUT2D eigenvalue weighted by atomic mass is 10.1. The van der Waals surface area contributed by atoms with Crippen LogP contribution in [-0.4, -0.2) is 22.1 Å². The maximum Gasteiger partial charge on any atom is 0.434 e. The number of nitrogens with one attached hydrogen (secondary N) is 1. The van der Waals surface area contributed by atoms with Gasteiger partial charge in [0.05, 0.1) is 11.9 Å². The van der Waals surface area contributed by atoms with Crippen LogP contribution in [0.1, 0.15) is 49.4 Å². The zero-order valence-corrected chi connectivity index (χ0v) is 11.0. The van der Waals surface area contributed by atoms with E-state index in [1.54, 1.807) is 0 Å². The van der Waals surface area contributed by atoms with Crippen LogP contribution in [0, 0.1) is 0 Å². The van der Waals surface area contributed by atoms with E-state index in [-0.39, 0.29) is 18.0 Å². The van der Waals surface area contributed by atoms with Crippen molar-refractivity contribution in [2.45, 2.75) is 56.3 Å². The Morgan fingerprint density at radius 1 is 1.20 bits per heavy atom. The molecule has 4 nitrogen and oxygen atoms in total. The van der Waals surface area contributed by atoms with Gasteiger partial charge < -0.3 is 11.1 Å². The molecule has 0 bridgehead atoms. The van der Waals surface area contributed by atoms with Crippen molar-refractivity contribution in [2.24, 2.45) is 5.73 Å². The van der Waals surface area contributed by atoms with Gasteiger partial charge in [-0.25, -0.2) is 9.97 Å². The van der Waals surface area contributed by atoms with E-state index >= 15 is 0 Å². The highest BCUT2D eigenvalue weighted by atomic mass is 19.4. The molecule has 3 rings (SSSR count). The molecule has 0 amide bonds. The van der Waals surface area contributed by atoms with Crippen LogP contribution in [0.5, 0.6) is 0 Å². The highest BCUT2D eigenvalue weighted by Gasteiger charge is 2.37. The number of nitrogens with zero attached hydrogens (tertiary/aromatic N) is 2. The van der Waals surface area contributed by atoms with Gasteiger partial charge >= 0.3 is 6.18 Å². The molecule has 1 aromatic heterocycles. The summed E-state index contributed by atoms with van der Waals surface area (Å²) in [5, 5.41) is 3.19. The second-order valence-electron chi connectivity index (χ2n) is 5.61. The van der Waals surface area contributed by atoms with E-state index in [2.05, 4.69) is 15.3 Å². The summed E-state index contributed by atoms with van der Waals surface area (Å²) in [4.78, 5) is 7.74. The monoisotopic (exact) mass is 286 g/mol. The Labute approximate surface area is 115 Å². The van der Waals surface area contributed by atoms with Gasteiger partial charge in [0.2, 0.25) is 0 Å².